The molecule has 0 unspecified atom stereocenters. The molecule has 1 aliphatic rings. The summed E-state index contributed by atoms with van der Waals surface area (Å²) >= 11 is 0. The monoisotopic (exact) mass is 316 g/mol. The minimum atomic E-state index is -4.69. The molecule has 22 heavy (non-hydrogen) atoms. The third kappa shape index (κ3) is 5.93. The van der Waals surface area contributed by atoms with Crippen LogP contribution >= 0.6 is 0 Å². The Balaban J connectivity index is 1.75. The zero-order chi connectivity index (χ0) is 16.0. The van der Waals surface area contributed by atoms with Crippen LogP contribution in [0.1, 0.15) is 24.8 Å². The second-order valence-electron chi connectivity index (χ2n) is 5.37. The smallest absolute Gasteiger partial charge is 0.406 e. The lowest BCUT2D eigenvalue weighted by Gasteiger charge is -2.21. The maximum absolute atomic E-state index is 12.0. The lowest BCUT2D eigenvalue weighted by Crippen LogP contribution is -2.32. The Morgan fingerprint density at radius 1 is 1.23 bits per heavy atom. The van der Waals surface area contributed by atoms with Crippen LogP contribution in [0.4, 0.5) is 13.2 Å². The molecule has 0 spiro atoms. The summed E-state index contributed by atoms with van der Waals surface area (Å²) in [6.07, 6.45) is -2.20. The molecule has 0 bridgehead atoms. The Kier molecular flexibility index (Phi) is 5.65. The molecule has 1 aromatic carbocycles. The van der Waals surface area contributed by atoms with Gasteiger partial charge in [-0.3, -0.25) is 4.79 Å². The Morgan fingerprint density at radius 2 is 1.86 bits per heavy atom. The summed E-state index contributed by atoms with van der Waals surface area (Å²) in [5.41, 5.74) is 0.730. The molecule has 0 radical (unpaired) electrons. The highest BCUT2D eigenvalue weighted by atomic mass is 19.4. The second kappa shape index (κ2) is 7.49. The molecule has 2 N–H and O–H groups in total. The molecule has 1 aromatic rings. The van der Waals surface area contributed by atoms with Gasteiger partial charge >= 0.3 is 6.36 Å². The molecule has 7 heteroatoms. The number of alkyl halides is 3. The van der Waals surface area contributed by atoms with E-state index in [-0.39, 0.29) is 11.7 Å². The fraction of sp³-hybridized carbons (Fsp3) is 0.533. The van der Waals surface area contributed by atoms with Crippen molar-refractivity contribution < 1.29 is 22.7 Å². The van der Waals surface area contributed by atoms with Crippen molar-refractivity contribution in [3.8, 4) is 5.75 Å². The third-order valence-electron chi connectivity index (χ3n) is 3.58. The van der Waals surface area contributed by atoms with E-state index in [1.54, 1.807) is 0 Å². The average molecular weight is 316 g/mol. The van der Waals surface area contributed by atoms with Gasteiger partial charge in [0.2, 0.25) is 5.91 Å². The third-order valence-corrected chi connectivity index (χ3v) is 3.58. The predicted octanol–water partition coefficient (Wildman–Crippen LogP) is 2.59. The zero-order valence-electron chi connectivity index (χ0n) is 12.1. The molecule has 1 saturated heterocycles. The van der Waals surface area contributed by atoms with Gasteiger partial charge in [0, 0.05) is 13.0 Å². The summed E-state index contributed by atoms with van der Waals surface area (Å²) in [6.45, 7) is 2.19. The molecule has 0 aromatic heterocycles. The number of piperidine rings is 1. The molecule has 1 fully saturated rings. The van der Waals surface area contributed by atoms with Gasteiger partial charge in [-0.25, -0.2) is 0 Å². The van der Waals surface area contributed by atoms with Crippen LogP contribution in [0.3, 0.4) is 0 Å². The van der Waals surface area contributed by atoms with Gasteiger partial charge in [-0.05, 0) is 49.5 Å². The molecule has 0 atom stereocenters. The van der Waals surface area contributed by atoms with Crippen molar-refractivity contribution in [2.24, 2.45) is 5.92 Å². The number of amides is 1. The van der Waals surface area contributed by atoms with Gasteiger partial charge < -0.3 is 15.4 Å². The molecule has 1 heterocycles. The van der Waals surface area contributed by atoms with Crippen molar-refractivity contribution in [3.05, 3.63) is 29.8 Å². The molecule has 0 aliphatic carbocycles. The van der Waals surface area contributed by atoms with E-state index in [0.717, 1.165) is 31.5 Å². The van der Waals surface area contributed by atoms with Gasteiger partial charge in [0.15, 0.2) is 0 Å². The van der Waals surface area contributed by atoms with Crippen LogP contribution in [0.2, 0.25) is 0 Å². The standard InChI is InChI=1S/C15H19F3N2O2/c16-15(17,18)22-13-3-1-12(2-4-13)10-20-14(21)9-11-5-7-19-8-6-11/h1-4,11,19H,5-10H2,(H,20,21). The number of hydrogen-bond donors (Lipinski definition) is 2. The Hall–Kier alpha value is -1.76. The number of halogens is 3. The first-order chi connectivity index (χ1) is 10.4. The number of ether oxygens (including phenoxy) is 1. The molecular formula is C15H19F3N2O2. The van der Waals surface area contributed by atoms with E-state index in [1.165, 1.54) is 24.3 Å². The van der Waals surface area contributed by atoms with Crippen molar-refractivity contribution in [2.75, 3.05) is 13.1 Å². The maximum atomic E-state index is 12.0. The van der Waals surface area contributed by atoms with Crippen LogP contribution < -0.4 is 15.4 Å². The largest absolute Gasteiger partial charge is 0.573 e. The lowest BCUT2D eigenvalue weighted by molar-refractivity contribution is -0.274. The minimum Gasteiger partial charge on any atom is -0.406 e. The number of nitrogens with one attached hydrogen (secondary N) is 2. The first-order valence-corrected chi connectivity index (χ1v) is 7.24. The molecule has 0 saturated carbocycles. The summed E-state index contributed by atoms with van der Waals surface area (Å²) in [7, 11) is 0. The minimum absolute atomic E-state index is 0.0254. The van der Waals surface area contributed by atoms with Crippen LogP contribution in [-0.4, -0.2) is 25.4 Å². The van der Waals surface area contributed by atoms with E-state index in [4.69, 9.17) is 0 Å². The van der Waals surface area contributed by atoms with Crippen molar-refractivity contribution in [3.63, 3.8) is 0 Å². The number of carbonyl (C=O) groups is 1. The molecular weight excluding hydrogens is 297 g/mol. The maximum Gasteiger partial charge on any atom is 0.573 e. The van der Waals surface area contributed by atoms with Gasteiger partial charge in [-0.1, -0.05) is 12.1 Å². The van der Waals surface area contributed by atoms with Crippen molar-refractivity contribution in [1.82, 2.24) is 10.6 Å². The van der Waals surface area contributed by atoms with Gasteiger partial charge in [-0.15, -0.1) is 13.2 Å². The number of hydrogen-bond acceptors (Lipinski definition) is 3. The van der Waals surface area contributed by atoms with E-state index in [2.05, 4.69) is 15.4 Å². The Morgan fingerprint density at radius 3 is 2.45 bits per heavy atom. The highest BCUT2D eigenvalue weighted by Gasteiger charge is 2.30. The van der Waals surface area contributed by atoms with Crippen LogP contribution in [0.5, 0.6) is 5.75 Å². The topological polar surface area (TPSA) is 50.4 Å². The fourth-order valence-corrected chi connectivity index (χ4v) is 2.43. The average Bonchev–Trinajstić information content (AvgIpc) is 2.46. The first kappa shape index (κ1) is 16.6. The summed E-state index contributed by atoms with van der Waals surface area (Å²) in [4.78, 5) is 11.8. The highest BCUT2D eigenvalue weighted by Crippen LogP contribution is 2.22. The van der Waals surface area contributed by atoms with Crippen molar-refractivity contribution in [2.45, 2.75) is 32.2 Å². The van der Waals surface area contributed by atoms with Crippen LogP contribution in [0.25, 0.3) is 0 Å². The Labute approximate surface area is 127 Å². The summed E-state index contributed by atoms with van der Waals surface area (Å²) < 4.78 is 39.9. The lowest BCUT2D eigenvalue weighted by atomic mass is 9.94. The highest BCUT2D eigenvalue weighted by molar-refractivity contribution is 5.76. The molecule has 122 valence electrons. The van der Waals surface area contributed by atoms with Crippen LogP contribution in [-0.2, 0) is 11.3 Å². The van der Waals surface area contributed by atoms with Crippen LogP contribution in [0.15, 0.2) is 24.3 Å². The predicted molar refractivity (Wildman–Crippen MR) is 75.2 cm³/mol. The summed E-state index contributed by atoms with van der Waals surface area (Å²) in [6, 6.07) is 5.49. The van der Waals surface area contributed by atoms with Gasteiger partial charge in [0.05, 0.1) is 0 Å². The van der Waals surface area contributed by atoms with Crippen molar-refractivity contribution in [1.29, 1.82) is 0 Å². The van der Waals surface area contributed by atoms with Crippen LogP contribution in [0, 0.1) is 5.92 Å². The molecule has 1 amide bonds. The van der Waals surface area contributed by atoms with Crippen molar-refractivity contribution >= 4 is 5.91 Å². The SMILES string of the molecule is O=C(CC1CCNCC1)NCc1ccc(OC(F)(F)F)cc1. The van der Waals surface area contributed by atoms with E-state index in [0.29, 0.717) is 18.9 Å². The second-order valence-corrected chi connectivity index (χ2v) is 5.37. The van der Waals surface area contributed by atoms with E-state index in [1.807, 2.05) is 0 Å². The quantitative estimate of drug-likeness (QED) is 0.878. The van der Waals surface area contributed by atoms with Gasteiger partial charge in [0.25, 0.3) is 0 Å². The fourth-order valence-electron chi connectivity index (χ4n) is 2.43. The van der Waals surface area contributed by atoms with E-state index in [9.17, 15) is 18.0 Å². The summed E-state index contributed by atoms with van der Waals surface area (Å²) in [5, 5.41) is 6.04. The molecule has 1 aliphatic heterocycles. The van der Waals surface area contributed by atoms with Gasteiger partial charge in [0.1, 0.15) is 5.75 Å². The molecule has 2 rings (SSSR count). The summed E-state index contributed by atoms with van der Waals surface area (Å²) in [5.74, 6) is 0.114. The first-order valence-electron chi connectivity index (χ1n) is 7.24. The van der Waals surface area contributed by atoms with Gasteiger partial charge in [-0.2, -0.15) is 0 Å². The van der Waals surface area contributed by atoms with E-state index >= 15 is 0 Å². The van der Waals surface area contributed by atoms with E-state index < -0.39 is 6.36 Å². The normalized spacial score (nSPS) is 16.3. The Bertz CT molecular complexity index is 483. The number of benzene rings is 1. The number of rotatable bonds is 5. The zero-order valence-corrected chi connectivity index (χ0v) is 12.1. The number of carbonyl (C=O) groups excluding carboxylic acids is 1. The molecule has 4 nitrogen and oxygen atoms in total.